The van der Waals surface area contributed by atoms with Gasteiger partial charge < -0.3 is 9.84 Å². The molecule has 0 aliphatic heterocycles. The quantitative estimate of drug-likeness (QED) is 0.479. The first kappa shape index (κ1) is 18.2. The molecule has 0 fully saturated rings. The highest BCUT2D eigenvalue weighted by molar-refractivity contribution is 6.30. The Hall–Kier alpha value is -3.13. The zero-order chi connectivity index (χ0) is 19.7. The lowest BCUT2D eigenvalue weighted by molar-refractivity contribution is 0.141. The number of rotatable bonds is 5. The van der Waals surface area contributed by atoms with Gasteiger partial charge in [0, 0.05) is 16.0 Å². The Kier molecular flexibility index (Phi) is 4.87. The van der Waals surface area contributed by atoms with Gasteiger partial charge in [-0.05, 0) is 43.3 Å². The number of alkyl halides is 2. The van der Waals surface area contributed by atoms with E-state index in [0.29, 0.717) is 27.6 Å². The van der Waals surface area contributed by atoms with Crippen molar-refractivity contribution < 1.29 is 13.3 Å². The summed E-state index contributed by atoms with van der Waals surface area (Å²) in [7, 11) is 0. The zero-order valence-corrected chi connectivity index (χ0v) is 15.4. The molecule has 4 rings (SSSR count). The standard InChI is InChI=1S/C19H14ClF2N5O/c1-10(19-26-16(27-28-19)11-6-8-12(20)9-7-11)23-17-13-4-2-3-5-14(13)24-18(25-17)15(21)22/h2-10,15H,1H3,(H,23,24,25). The highest BCUT2D eigenvalue weighted by atomic mass is 35.5. The van der Waals surface area contributed by atoms with E-state index in [0.717, 1.165) is 5.56 Å². The highest BCUT2D eigenvalue weighted by Crippen LogP contribution is 2.28. The van der Waals surface area contributed by atoms with Crippen molar-refractivity contribution in [3.8, 4) is 11.4 Å². The van der Waals surface area contributed by atoms with Crippen molar-refractivity contribution in [3.63, 3.8) is 0 Å². The third-order valence-electron chi connectivity index (χ3n) is 4.08. The van der Waals surface area contributed by atoms with Crippen molar-refractivity contribution in [2.75, 3.05) is 5.32 Å². The lowest BCUT2D eigenvalue weighted by atomic mass is 10.2. The van der Waals surface area contributed by atoms with Crippen LogP contribution in [0.5, 0.6) is 0 Å². The predicted molar refractivity (Wildman–Crippen MR) is 101 cm³/mol. The van der Waals surface area contributed by atoms with E-state index in [-0.39, 0.29) is 5.82 Å². The van der Waals surface area contributed by atoms with Crippen LogP contribution in [0, 0.1) is 0 Å². The molecule has 1 atom stereocenters. The summed E-state index contributed by atoms with van der Waals surface area (Å²) in [6, 6.07) is 13.5. The SMILES string of the molecule is CC(Nc1nc(C(F)F)nc2ccccc12)c1nc(-c2ccc(Cl)cc2)no1. The molecule has 0 saturated heterocycles. The minimum atomic E-state index is -2.78. The molecule has 0 saturated carbocycles. The van der Waals surface area contributed by atoms with Crippen molar-refractivity contribution in [1.82, 2.24) is 20.1 Å². The summed E-state index contributed by atoms with van der Waals surface area (Å²) in [4.78, 5) is 12.2. The first-order valence-corrected chi connectivity index (χ1v) is 8.80. The van der Waals surface area contributed by atoms with Gasteiger partial charge in [-0.15, -0.1) is 0 Å². The first-order chi connectivity index (χ1) is 13.5. The van der Waals surface area contributed by atoms with Gasteiger partial charge in [0.15, 0.2) is 5.82 Å². The molecular weight excluding hydrogens is 388 g/mol. The van der Waals surface area contributed by atoms with E-state index in [1.54, 1.807) is 55.5 Å². The Morgan fingerprint density at radius 3 is 2.50 bits per heavy atom. The zero-order valence-electron chi connectivity index (χ0n) is 14.6. The van der Waals surface area contributed by atoms with E-state index in [4.69, 9.17) is 16.1 Å². The van der Waals surface area contributed by atoms with E-state index in [1.165, 1.54) is 0 Å². The molecule has 1 N–H and O–H groups in total. The lowest BCUT2D eigenvalue weighted by Gasteiger charge is -2.13. The molecule has 0 radical (unpaired) electrons. The number of para-hydroxylation sites is 1. The number of hydrogen-bond acceptors (Lipinski definition) is 6. The Bertz CT molecular complexity index is 1120. The molecule has 9 heteroatoms. The summed E-state index contributed by atoms with van der Waals surface area (Å²) >= 11 is 5.89. The lowest BCUT2D eigenvalue weighted by Crippen LogP contribution is -2.11. The smallest absolute Gasteiger partial charge is 0.297 e. The summed E-state index contributed by atoms with van der Waals surface area (Å²) in [5.74, 6) is 0.438. The van der Waals surface area contributed by atoms with Gasteiger partial charge in [-0.3, -0.25) is 0 Å². The van der Waals surface area contributed by atoms with Crippen LogP contribution in [0.2, 0.25) is 5.02 Å². The molecule has 0 aliphatic carbocycles. The van der Waals surface area contributed by atoms with E-state index in [1.807, 2.05) is 0 Å². The van der Waals surface area contributed by atoms with Crippen LogP contribution in [0.4, 0.5) is 14.6 Å². The van der Waals surface area contributed by atoms with Crippen molar-refractivity contribution in [2.45, 2.75) is 19.4 Å². The van der Waals surface area contributed by atoms with E-state index in [2.05, 4.69) is 25.4 Å². The average molecular weight is 402 g/mol. The van der Waals surface area contributed by atoms with Crippen LogP contribution >= 0.6 is 11.6 Å². The molecule has 2 aromatic heterocycles. The van der Waals surface area contributed by atoms with Crippen molar-refractivity contribution in [2.24, 2.45) is 0 Å². The van der Waals surface area contributed by atoms with Gasteiger partial charge in [0.2, 0.25) is 11.7 Å². The summed E-state index contributed by atoms with van der Waals surface area (Å²) in [5, 5.41) is 8.26. The second-order valence-corrected chi connectivity index (χ2v) is 6.51. The maximum Gasteiger partial charge on any atom is 0.297 e. The first-order valence-electron chi connectivity index (χ1n) is 8.42. The molecule has 4 aromatic rings. The van der Waals surface area contributed by atoms with E-state index >= 15 is 0 Å². The second-order valence-electron chi connectivity index (χ2n) is 6.08. The van der Waals surface area contributed by atoms with Gasteiger partial charge in [-0.25, -0.2) is 18.7 Å². The van der Waals surface area contributed by atoms with Gasteiger partial charge in [0.1, 0.15) is 11.9 Å². The summed E-state index contributed by atoms with van der Waals surface area (Å²) < 4.78 is 31.6. The molecule has 142 valence electrons. The molecular formula is C19H14ClF2N5O. The molecule has 0 aliphatic rings. The Balaban J connectivity index is 1.63. The predicted octanol–water partition coefficient (Wildman–Crippen LogP) is 5.44. The number of hydrogen-bond donors (Lipinski definition) is 1. The third-order valence-corrected chi connectivity index (χ3v) is 4.34. The molecule has 2 aromatic carbocycles. The van der Waals surface area contributed by atoms with Gasteiger partial charge in [-0.2, -0.15) is 4.98 Å². The second kappa shape index (κ2) is 7.47. The highest BCUT2D eigenvalue weighted by Gasteiger charge is 2.19. The van der Waals surface area contributed by atoms with Crippen LogP contribution in [0.3, 0.4) is 0 Å². The molecule has 0 spiro atoms. The normalized spacial score (nSPS) is 12.5. The summed E-state index contributed by atoms with van der Waals surface area (Å²) in [5.41, 5.74) is 1.17. The largest absolute Gasteiger partial charge is 0.358 e. The number of anilines is 1. The maximum atomic E-state index is 13.2. The van der Waals surface area contributed by atoms with Crippen LogP contribution in [0.25, 0.3) is 22.3 Å². The molecule has 6 nitrogen and oxygen atoms in total. The Morgan fingerprint density at radius 1 is 1.00 bits per heavy atom. The average Bonchev–Trinajstić information content (AvgIpc) is 3.18. The fourth-order valence-corrected chi connectivity index (χ4v) is 2.82. The van der Waals surface area contributed by atoms with E-state index in [9.17, 15) is 8.78 Å². The monoisotopic (exact) mass is 401 g/mol. The van der Waals surface area contributed by atoms with Gasteiger partial charge in [0.05, 0.1) is 5.52 Å². The molecule has 0 bridgehead atoms. The topological polar surface area (TPSA) is 76.7 Å². The number of aromatic nitrogens is 4. The molecule has 0 amide bonds. The van der Waals surface area contributed by atoms with Crippen LogP contribution < -0.4 is 5.32 Å². The number of nitrogens with zero attached hydrogens (tertiary/aromatic N) is 4. The minimum Gasteiger partial charge on any atom is -0.358 e. The van der Waals surface area contributed by atoms with Crippen LogP contribution in [-0.2, 0) is 0 Å². The third kappa shape index (κ3) is 3.63. The fourth-order valence-electron chi connectivity index (χ4n) is 2.70. The number of halogens is 3. The van der Waals surface area contributed by atoms with Crippen molar-refractivity contribution in [3.05, 3.63) is 65.3 Å². The van der Waals surface area contributed by atoms with Crippen LogP contribution in [-0.4, -0.2) is 20.1 Å². The van der Waals surface area contributed by atoms with Gasteiger partial charge in [0.25, 0.3) is 6.43 Å². The fraction of sp³-hybridized carbons (Fsp3) is 0.158. The maximum absolute atomic E-state index is 13.2. The summed E-state index contributed by atoms with van der Waals surface area (Å²) in [6.45, 7) is 1.78. The van der Waals surface area contributed by atoms with Gasteiger partial charge >= 0.3 is 0 Å². The van der Waals surface area contributed by atoms with E-state index < -0.39 is 18.3 Å². The van der Waals surface area contributed by atoms with Crippen molar-refractivity contribution >= 4 is 28.3 Å². The number of benzene rings is 2. The molecule has 28 heavy (non-hydrogen) atoms. The van der Waals surface area contributed by atoms with Crippen LogP contribution in [0.15, 0.2) is 53.1 Å². The van der Waals surface area contributed by atoms with Gasteiger partial charge in [-0.1, -0.05) is 28.9 Å². The molecule has 2 heterocycles. The summed E-state index contributed by atoms with van der Waals surface area (Å²) in [6.07, 6.45) is -2.78. The van der Waals surface area contributed by atoms with Crippen LogP contribution in [0.1, 0.15) is 31.1 Å². The number of nitrogens with one attached hydrogen (secondary N) is 1. The Labute approximate surface area is 163 Å². The minimum absolute atomic E-state index is 0.277. The Morgan fingerprint density at radius 2 is 1.75 bits per heavy atom. The molecule has 1 unspecified atom stereocenters. The van der Waals surface area contributed by atoms with Crippen molar-refractivity contribution in [1.29, 1.82) is 0 Å². The number of fused-ring (bicyclic) bond motifs is 1.